The number of nitrogens with one attached hydrogen (secondary N) is 1. The van der Waals surface area contributed by atoms with Crippen LogP contribution in [0.2, 0.25) is 0 Å². The summed E-state index contributed by atoms with van der Waals surface area (Å²) < 4.78 is 38.8. The fourth-order valence-electron chi connectivity index (χ4n) is 1.96. The van der Waals surface area contributed by atoms with Crippen molar-refractivity contribution in [2.45, 2.75) is 18.4 Å². The Morgan fingerprint density at radius 1 is 1.25 bits per heavy atom. The van der Waals surface area contributed by atoms with E-state index in [2.05, 4.69) is 5.32 Å². The predicted molar refractivity (Wildman–Crippen MR) is 70.2 cm³/mol. The van der Waals surface area contributed by atoms with Crippen molar-refractivity contribution < 1.29 is 23.1 Å². The van der Waals surface area contributed by atoms with Gasteiger partial charge in [0.1, 0.15) is 0 Å². The van der Waals surface area contributed by atoms with Crippen molar-refractivity contribution in [1.29, 1.82) is 0 Å². The molecule has 1 aromatic carbocycles. The van der Waals surface area contributed by atoms with Gasteiger partial charge in [0.2, 0.25) is 0 Å². The molecule has 1 aliphatic rings. The fraction of sp³-hybridized carbons (Fsp3) is 0.462. The molecule has 2 N–H and O–H groups in total. The van der Waals surface area contributed by atoms with Gasteiger partial charge in [-0.15, -0.1) is 0 Å². The first-order chi connectivity index (χ1) is 9.41. The SMILES string of the molecule is O=C(NCC1(O)CCSCC1)c1cc(F)c(F)c(F)c1. The normalized spacial score (nSPS) is 17.8. The van der Waals surface area contributed by atoms with Crippen LogP contribution in [-0.4, -0.2) is 34.7 Å². The molecule has 3 nitrogen and oxygen atoms in total. The van der Waals surface area contributed by atoms with Crippen LogP contribution in [0.15, 0.2) is 12.1 Å². The Hall–Kier alpha value is -1.21. The molecule has 0 atom stereocenters. The molecule has 1 fully saturated rings. The lowest BCUT2D eigenvalue weighted by atomic mass is 9.97. The molecule has 0 spiro atoms. The van der Waals surface area contributed by atoms with E-state index in [9.17, 15) is 23.1 Å². The molecule has 110 valence electrons. The number of hydrogen-bond donors (Lipinski definition) is 2. The first-order valence-corrected chi connectivity index (χ1v) is 7.30. The molecule has 1 saturated heterocycles. The van der Waals surface area contributed by atoms with E-state index in [0.29, 0.717) is 25.0 Å². The zero-order valence-corrected chi connectivity index (χ0v) is 11.4. The molecule has 0 bridgehead atoms. The average Bonchev–Trinajstić information content (AvgIpc) is 2.42. The summed E-state index contributed by atoms with van der Waals surface area (Å²) in [5.74, 6) is -3.58. The second-order valence-electron chi connectivity index (χ2n) is 4.77. The van der Waals surface area contributed by atoms with Gasteiger partial charge in [0.25, 0.3) is 5.91 Å². The topological polar surface area (TPSA) is 49.3 Å². The van der Waals surface area contributed by atoms with Gasteiger partial charge < -0.3 is 10.4 Å². The molecule has 1 aliphatic heterocycles. The summed E-state index contributed by atoms with van der Waals surface area (Å²) >= 11 is 1.72. The average molecular weight is 305 g/mol. The van der Waals surface area contributed by atoms with E-state index in [-0.39, 0.29) is 12.1 Å². The van der Waals surface area contributed by atoms with Crippen LogP contribution in [-0.2, 0) is 0 Å². The molecule has 0 aromatic heterocycles. The van der Waals surface area contributed by atoms with Crippen LogP contribution >= 0.6 is 11.8 Å². The lowest BCUT2D eigenvalue weighted by Crippen LogP contribution is -2.45. The molecular weight excluding hydrogens is 291 g/mol. The summed E-state index contributed by atoms with van der Waals surface area (Å²) in [5, 5.41) is 12.6. The lowest BCUT2D eigenvalue weighted by Gasteiger charge is -2.31. The number of carbonyl (C=O) groups excluding carboxylic acids is 1. The fourth-order valence-corrected chi connectivity index (χ4v) is 3.21. The van der Waals surface area contributed by atoms with Crippen LogP contribution in [0.5, 0.6) is 0 Å². The Bertz CT molecular complexity index is 495. The second kappa shape index (κ2) is 6.05. The van der Waals surface area contributed by atoms with Gasteiger partial charge in [0.15, 0.2) is 17.5 Å². The summed E-state index contributed by atoms with van der Waals surface area (Å²) in [6.07, 6.45) is 1.09. The van der Waals surface area contributed by atoms with Gasteiger partial charge in [-0.25, -0.2) is 13.2 Å². The highest BCUT2D eigenvalue weighted by Crippen LogP contribution is 2.26. The molecule has 2 rings (SSSR count). The minimum absolute atomic E-state index is 0.00695. The largest absolute Gasteiger partial charge is 0.388 e. The summed E-state index contributed by atoms with van der Waals surface area (Å²) in [6, 6.07) is 1.27. The van der Waals surface area contributed by atoms with Crippen LogP contribution in [0, 0.1) is 17.5 Å². The smallest absolute Gasteiger partial charge is 0.251 e. The van der Waals surface area contributed by atoms with Gasteiger partial charge in [-0.2, -0.15) is 11.8 Å². The van der Waals surface area contributed by atoms with Gasteiger partial charge >= 0.3 is 0 Å². The van der Waals surface area contributed by atoms with E-state index in [1.54, 1.807) is 11.8 Å². The third-order valence-electron chi connectivity index (χ3n) is 3.25. The minimum atomic E-state index is -1.61. The zero-order chi connectivity index (χ0) is 14.8. The van der Waals surface area contributed by atoms with E-state index >= 15 is 0 Å². The molecule has 0 aliphatic carbocycles. The van der Waals surface area contributed by atoms with Gasteiger partial charge in [-0.3, -0.25) is 4.79 Å². The second-order valence-corrected chi connectivity index (χ2v) is 6.00. The highest BCUT2D eigenvalue weighted by Gasteiger charge is 2.30. The monoisotopic (exact) mass is 305 g/mol. The van der Waals surface area contributed by atoms with Crippen molar-refractivity contribution in [2.75, 3.05) is 18.1 Å². The van der Waals surface area contributed by atoms with Crippen molar-refractivity contribution in [3.8, 4) is 0 Å². The van der Waals surface area contributed by atoms with Gasteiger partial charge in [0, 0.05) is 12.1 Å². The van der Waals surface area contributed by atoms with Crippen LogP contribution < -0.4 is 5.32 Å². The van der Waals surface area contributed by atoms with Crippen molar-refractivity contribution in [3.05, 3.63) is 35.1 Å². The number of carbonyl (C=O) groups is 1. The standard InChI is InChI=1S/C13H14F3NO2S/c14-9-5-8(6-10(15)11(9)16)12(18)17-7-13(19)1-3-20-4-2-13/h5-6,19H,1-4,7H2,(H,17,18). The summed E-state index contributed by atoms with van der Waals surface area (Å²) in [4.78, 5) is 11.8. The van der Waals surface area contributed by atoms with Gasteiger partial charge in [0.05, 0.1) is 5.60 Å². The van der Waals surface area contributed by atoms with Crippen molar-refractivity contribution >= 4 is 17.7 Å². The number of halogens is 3. The number of rotatable bonds is 3. The Balaban J connectivity index is 2.01. The summed E-state index contributed by atoms with van der Waals surface area (Å²) in [7, 11) is 0. The molecule has 1 amide bonds. The molecule has 20 heavy (non-hydrogen) atoms. The summed E-state index contributed by atoms with van der Waals surface area (Å²) in [6.45, 7) is 0.00695. The minimum Gasteiger partial charge on any atom is -0.388 e. The van der Waals surface area contributed by atoms with Crippen molar-refractivity contribution in [1.82, 2.24) is 5.32 Å². The Morgan fingerprint density at radius 3 is 2.35 bits per heavy atom. The highest BCUT2D eigenvalue weighted by atomic mass is 32.2. The Morgan fingerprint density at radius 2 is 1.80 bits per heavy atom. The maximum Gasteiger partial charge on any atom is 0.251 e. The van der Waals surface area contributed by atoms with E-state index in [1.165, 1.54) is 0 Å². The molecule has 0 saturated carbocycles. The Kier molecular flexibility index (Phi) is 4.59. The molecular formula is C13H14F3NO2S. The number of amides is 1. The molecule has 1 heterocycles. The first kappa shape index (κ1) is 15.2. The third kappa shape index (κ3) is 3.46. The van der Waals surface area contributed by atoms with Crippen molar-refractivity contribution in [3.63, 3.8) is 0 Å². The lowest BCUT2D eigenvalue weighted by molar-refractivity contribution is 0.0311. The van der Waals surface area contributed by atoms with Crippen LogP contribution in [0.4, 0.5) is 13.2 Å². The number of benzene rings is 1. The van der Waals surface area contributed by atoms with E-state index in [0.717, 1.165) is 11.5 Å². The van der Waals surface area contributed by atoms with Crippen LogP contribution in [0.1, 0.15) is 23.2 Å². The number of aliphatic hydroxyl groups is 1. The Labute approximate surface area is 118 Å². The van der Waals surface area contributed by atoms with Crippen molar-refractivity contribution in [2.24, 2.45) is 0 Å². The van der Waals surface area contributed by atoms with Crippen LogP contribution in [0.25, 0.3) is 0 Å². The van der Waals surface area contributed by atoms with E-state index in [4.69, 9.17) is 0 Å². The maximum atomic E-state index is 13.0. The van der Waals surface area contributed by atoms with Gasteiger partial charge in [-0.1, -0.05) is 0 Å². The zero-order valence-electron chi connectivity index (χ0n) is 10.6. The summed E-state index contributed by atoms with van der Waals surface area (Å²) in [5.41, 5.74) is -1.30. The molecule has 0 radical (unpaired) electrons. The van der Waals surface area contributed by atoms with E-state index in [1.807, 2.05) is 0 Å². The van der Waals surface area contributed by atoms with Crippen LogP contribution in [0.3, 0.4) is 0 Å². The quantitative estimate of drug-likeness (QED) is 0.841. The third-order valence-corrected chi connectivity index (χ3v) is 4.23. The molecule has 0 unspecified atom stereocenters. The number of thioether (sulfide) groups is 1. The predicted octanol–water partition coefficient (Wildman–Crippen LogP) is 2.09. The maximum absolute atomic E-state index is 13.0. The van der Waals surface area contributed by atoms with E-state index < -0.39 is 29.0 Å². The molecule has 1 aromatic rings. The first-order valence-electron chi connectivity index (χ1n) is 6.14. The van der Waals surface area contributed by atoms with Gasteiger partial charge in [-0.05, 0) is 36.5 Å². The number of hydrogen-bond acceptors (Lipinski definition) is 3. The highest BCUT2D eigenvalue weighted by molar-refractivity contribution is 7.99. The molecule has 7 heteroatoms.